The first-order chi connectivity index (χ1) is 8.08. The molecular weight excluding hydrogens is 242 g/mol. The van der Waals surface area contributed by atoms with Crippen molar-refractivity contribution in [3.8, 4) is 0 Å². The number of halogens is 2. The summed E-state index contributed by atoms with van der Waals surface area (Å²) in [6.45, 7) is 4.92. The van der Waals surface area contributed by atoms with E-state index in [1.165, 1.54) is 30.0 Å². The van der Waals surface area contributed by atoms with Gasteiger partial charge in [-0.15, -0.1) is 0 Å². The van der Waals surface area contributed by atoms with E-state index >= 15 is 0 Å². The van der Waals surface area contributed by atoms with Crippen LogP contribution in [0.25, 0.3) is 0 Å². The van der Waals surface area contributed by atoms with Crippen molar-refractivity contribution >= 4 is 22.6 Å². The van der Waals surface area contributed by atoms with Crippen LogP contribution < -0.4 is 5.32 Å². The van der Waals surface area contributed by atoms with Crippen molar-refractivity contribution in [2.45, 2.75) is 19.1 Å². The quantitative estimate of drug-likeness (QED) is 0.875. The van der Waals surface area contributed by atoms with E-state index in [2.05, 4.69) is 24.2 Å². The van der Waals surface area contributed by atoms with Gasteiger partial charge in [0.2, 0.25) is 0 Å². The van der Waals surface area contributed by atoms with Crippen LogP contribution in [0, 0.1) is 17.6 Å². The molecule has 1 atom stereocenters. The molecule has 1 N–H and O–H groups in total. The van der Waals surface area contributed by atoms with Gasteiger partial charge in [0.25, 0.3) is 0 Å². The Kier molecular flexibility index (Phi) is 3.66. The van der Waals surface area contributed by atoms with Crippen molar-refractivity contribution in [3.05, 3.63) is 29.8 Å². The number of aliphatic imine (C=N–C) groups is 1. The maximum atomic E-state index is 13.4. The molecule has 92 valence electrons. The van der Waals surface area contributed by atoms with Crippen molar-refractivity contribution in [2.75, 3.05) is 11.9 Å². The minimum atomic E-state index is -0.596. The Morgan fingerprint density at radius 2 is 2.00 bits per heavy atom. The summed E-state index contributed by atoms with van der Waals surface area (Å²) in [7, 11) is 0. The predicted molar refractivity (Wildman–Crippen MR) is 68.5 cm³/mol. The van der Waals surface area contributed by atoms with Crippen LogP contribution >= 0.6 is 11.8 Å². The topological polar surface area (TPSA) is 24.4 Å². The monoisotopic (exact) mass is 256 g/mol. The number of rotatable bonds is 2. The molecule has 0 bridgehead atoms. The maximum absolute atomic E-state index is 13.4. The number of benzene rings is 1. The molecule has 17 heavy (non-hydrogen) atoms. The molecule has 1 aliphatic rings. The summed E-state index contributed by atoms with van der Waals surface area (Å²) in [6.07, 6.45) is 0. The van der Waals surface area contributed by atoms with E-state index in [9.17, 15) is 8.78 Å². The van der Waals surface area contributed by atoms with Crippen molar-refractivity contribution in [1.82, 2.24) is 0 Å². The fourth-order valence-electron chi connectivity index (χ4n) is 1.53. The van der Waals surface area contributed by atoms with Gasteiger partial charge >= 0.3 is 0 Å². The maximum Gasteiger partial charge on any atom is 0.161 e. The highest BCUT2D eigenvalue weighted by atomic mass is 32.2. The van der Waals surface area contributed by atoms with Gasteiger partial charge in [-0.3, -0.25) is 4.99 Å². The molecule has 0 amide bonds. The Balaban J connectivity index is 2.08. The number of para-hydroxylation sites is 1. The number of hydrogen-bond donors (Lipinski definition) is 1. The molecule has 0 saturated carbocycles. The summed E-state index contributed by atoms with van der Waals surface area (Å²) >= 11 is 1.54. The largest absolute Gasteiger partial charge is 0.330 e. The Labute approximate surface area is 104 Å². The zero-order chi connectivity index (χ0) is 12.4. The molecule has 0 radical (unpaired) electrons. The van der Waals surface area contributed by atoms with E-state index in [-0.39, 0.29) is 5.69 Å². The van der Waals surface area contributed by atoms with Gasteiger partial charge in [0.05, 0.1) is 6.54 Å². The molecule has 0 saturated heterocycles. The van der Waals surface area contributed by atoms with Crippen LogP contribution in [0.5, 0.6) is 0 Å². The average Bonchev–Trinajstić information content (AvgIpc) is 2.72. The third kappa shape index (κ3) is 2.77. The second kappa shape index (κ2) is 5.04. The lowest BCUT2D eigenvalue weighted by Gasteiger charge is -2.12. The standard InChI is InChI=1S/C12H14F2N2S/c1-7(2)10-6-15-12(17-10)16-11-8(13)4-3-5-9(11)14/h3-5,7,10H,6H2,1-2H3,(H,15,16). The van der Waals surface area contributed by atoms with Gasteiger partial charge in [-0.25, -0.2) is 8.78 Å². The van der Waals surface area contributed by atoms with Crippen molar-refractivity contribution in [3.63, 3.8) is 0 Å². The number of nitrogens with one attached hydrogen (secondary N) is 1. The molecule has 1 unspecified atom stereocenters. The summed E-state index contributed by atoms with van der Waals surface area (Å²) in [5, 5.41) is 3.70. The first kappa shape index (κ1) is 12.4. The van der Waals surface area contributed by atoms with Gasteiger partial charge in [-0.2, -0.15) is 0 Å². The molecule has 0 aliphatic carbocycles. The zero-order valence-electron chi connectivity index (χ0n) is 9.71. The summed E-state index contributed by atoms with van der Waals surface area (Å²) in [4.78, 5) is 4.25. The van der Waals surface area contributed by atoms with Gasteiger partial charge in [0.1, 0.15) is 17.3 Å². The molecule has 2 rings (SSSR count). The molecule has 0 aromatic heterocycles. The molecule has 1 heterocycles. The lowest BCUT2D eigenvalue weighted by atomic mass is 10.1. The van der Waals surface area contributed by atoms with E-state index in [1.54, 1.807) is 0 Å². The number of nitrogens with zero attached hydrogens (tertiary/aromatic N) is 1. The van der Waals surface area contributed by atoms with Crippen LogP contribution in [-0.4, -0.2) is 17.0 Å². The van der Waals surface area contributed by atoms with Crippen LogP contribution in [0.2, 0.25) is 0 Å². The molecule has 1 aliphatic heterocycles. The molecule has 0 spiro atoms. The minimum Gasteiger partial charge on any atom is -0.330 e. The molecule has 1 aromatic carbocycles. The molecule has 2 nitrogen and oxygen atoms in total. The van der Waals surface area contributed by atoms with E-state index in [4.69, 9.17) is 0 Å². The highest BCUT2D eigenvalue weighted by molar-refractivity contribution is 8.15. The smallest absolute Gasteiger partial charge is 0.161 e. The van der Waals surface area contributed by atoms with Crippen molar-refractivity contribution in [2.24, 2.45) is 10.9 Å². The Bertz CT molecular complexity index is 426. The van der Waals surface area contributed by atoms with E-state index < -0.39 is 11.6 Å². The first-order valence-corrected chi connectivity index (χ1v) is 6.38. The minimum absolute atomic E-state index is 0.122. The third-order valence-corrected chi connectivity index (χ3v) is 4.07. The lowest BCUT2D eigenvalue weighted by molar-refractivity contribution is 0.591. The van der Waals surface area contributed by atoms with Gasteiger partial charge in [-0.1, -0.05) is 31.7 Å². The highest BCUT2D eigenvalue weighted by Gasteiger charge is 2.23. The van der Waals surface area contributed by atoms with E-state index in [0.29, 0.717) is 22.9 Å². The predicted octanol–water partition coefficient (Wildman–Crippen LogP) is 3.50. The highest BCUT2D eigenvalue weighted by Crippen LogP contribution is 2.29. The summed E-state index contributed by atoms with van der Waals surface area (Å²) in [6, 6.07) is 3.80. The SMILES string of the molecule is CC(C)C1CN=C(Nc2c(F)cccc2F)S1. The van der Waals surface area contributed by atoms with Gasteiger partial charge in [-0.05, 0) is 18.1 Å². The zero-order valence-corrected chi connectivity index (χ0v) is 10.5. The van der Waals surface area contributed by atoms with Crippen LogP contribution in [0.3, 0.4) is 0 Å². The fraction of sp³-hybridized carbons (Fsp3) is 0.417. The van der Waals surface area contributed by atoms with Crippen LogP contribution in [0.4, 0.5) is 14.5 Å². The van der Waals surface area contributed by atoms with Gasteiger partial charge in [0, 0.05) is 5.25 Å². The molecular formula is C12H14F2N2S. The Hall–Kier alpha value is -1.10. The van der Waals surface area contributed by atoms with Crippen LogP contribution in [-0.2, 0) is 0 Å². The van der Waals surface area contributed by atoms with Crippen LogP contribution in [0.1, 0.15) is 13.8 Å². The Morgan fingerprint density at radius 1 is 1.35 bits per heavy atom. The van der Waals surface area contributed by atoms with Gasteiger partial charge in [0.15, 0.2) is 5.17 Å². The summed E-state index contributed by atoms with van der Waals surface area (Å²) in [5.41, 5.74) is -0.122. The summed E-state index contributed by atoms with van der Waals surface area (Å²) in [5.74, 6) is -0.698. The van der Waals surface area contributed by atoms with Crippen molar-refractivity contribution in [1.29, 1.82) is 0 Å². The normalized spacial score (nSPS) is 19.6. The molecule has 5 heteroatoms. The van der Waals surface area contributed by atoms with E-state index in [0.717, 1.165) is 0 Å². The number of hydrogen-bond acceptors (Lipinski definition) is 3. The first-order valence-electron chi connectivity index (χ1n) is 5.50. The number of thioether (sulfide) groups is 1. The van der Waals surface area contributed by atoms with E-state index in [1.807, 2.05) is 0 Å². The van der Waals surface area contributed by atoms with Crippen LogP contribution in [0.15, 0.2) is 23.2 Å². The molecule has 1 aromatic rings. The Morgan fingerprint density at radius 3 is 2.53 bits per heavy atom. The van der Waals surface area contributed by atoms with Crippen molar-refractivity contribution < 1.29 is 8.78 Å². The lowest BCUT2D eigenvalue weighted by Crippen LogP contribution is -2.13. The second-order valence-corrected chi connectivity index (χ2v) is 5.50. The summed E-state index contributed by atoms with van der Waals surface area (Å²) < 4.78 is 26.8. The average molecular weight is 256 g/mol. The van der Waals surface area contributed by atoms with Gasteiger partial charge < -0.3 is 5.32 Å². The number of amidine groups is 1. The molecule has 0 fully saturated rings. The second-order valence-electron chi connectivity index (χ2n) is 4.27. The third-order valence-electron chi connectivity index (χ3n) is 2.62. The number of anilines is 1. The fourth-order valence-corrected chi connectivity index (χ4v) is 2.55.